The van der Waals surface area contributed by atoms with Crippen LogP contribution in [-0.2, 0) is 11.3 Å². The van der Waals surface area contributed by atoms with Gasteiger partial charge in [0.05, 0.1) is 12.2 Å². The van der Waals surface area contributed by atoms with Crippen molar-refractivity contribution in [3.63, 3.8) is 0 Å². The van der Waals surface area contributed by atoms with Crippen LogP contribution in [0.4, 0.5) is 5.69 Å². The van der Waals surface area contributed by atoms with Gasteiger partial charge in [-0.1, -0.05) is 19.1 Å². The monoisotopic (exact) mass is 479 g/mol. The largest absolute Gasteiger partial charge is 0.485 e. The van der Waals surface area contributed by atoms with Crippen molar-refractivity contribution in [1.82, 2.24) is 10.3 Å². The van der Waals surface area contributed by atoms with E-state index in [0.717, 1.165) is 12.0 Å². The van der Waals surface area contributed by atoms with Gasteiger partial charge in [0, 0.05) is 17.5 Å². The fourth-order valence-corrected chi connectivity index (χ4v) is 4.20. The molecule has 9 heteroatoms. The Kier molecular flexibility index (Phi) is 7.22. The molecule has 1 aliphatic heterocycles. The number of nitrogens with one attached hydrogen (secondary N) is 1. The fourth-order valence-electron chi connectivity index (χ4n) is 3.44. The molecule has 176 valence electrons. The van der Waals surface area contributed by atoms with Gasteiger partial charge >= 0.3 is 0 Å². The molecular weight excluding hydrogens is 454 g/mol. The van der Waals surface area contributed by atoms with E-state index in [2.05, 4.69) is 10.3 Å². The minimum Gasteiger partial charge on any atom is -0.485 e. The van der Waals surface area contributed by atoms with Gasteiger partial charge in [0.15, 0.2) is 19.0 Å². The number of carbonyl (C=O) groups is 3. The second-order valence-corrected chi connectivity index (χ2v) is 8.80. The van der Waals surface area contributed by atoms with Crippen molar-refractivity contribution in [2.24, 2.45) is 0 Å². The minimum absolute atomic E-state index is 0.105. The van der Waals surface area contributed by atoms with Crippen molar-refractivity contribution >= 4 is 34.6 Å². The molecule has 0 bridgehead atoms. The maximum Gasteiger partial charge on any atom is 0.270 e. The minimum atomic E-state index is -0.250. The summed E-state index contributed by atoms with van der Waals surface area (Å²) in [4.78, 5) is 43.5. The number of ketones is 1. The van der Waals surface area contributed by atoms with Gasteiger partial charge in [-0.05, 0) is 49.2 Å². The number of thiazole rings is 1. The van der Waals surface area contributed by atoms with Crippen molar-refractivity contribution in [3.8, 4) is 11.5 Å². The first-order valence-corrected chi connectivity index (χ1v) is 11.8. The predicted octanol–water partition coefficient (Wildman–Crippen LogP) is 3.78. The molecule has 1 aliphatic rings. The Hall–Kier alpha value is -3.72. The van der Waals surface area contributed by atoms with E-state index in [1.54, 1.807) is 29.6 Å². The van der Waals surface area contributed by atoms with Gasteiger partial charge in [0.25, 0.3) is 11.8 Å². The summed E-state index contributed by atoms with van der Waals surface area (Å²) in [7, 11) is 0. The molecule has 0 atom stereocenters. The van der Waals surface area contributed by atoms with Crippen LogP contribution in [0.2, 0.25) is 0 Å². The second kappa shape index (κ2) is 10.5. The summed E-state index contributed by atoms with van der Waals surface area (Å²) in [5.41, 5.74) is 2.27. The van der Waals surface area contributed by atoms with Gasteiger partial charge < -0.3 is 14.8 Å². The van der Waals surface area contributed by atoms with Crippen molar-refractivity contribution in [2.45, 2.75) is 26.8 Å². The number of ether oxygens (including phenoxy) is 2. The standard InChI is InChI=1S/C25H25N3O5S/c1-3-9-26-25(31)19-15-34-23(27-19)12-28-20-11-17(7-8-22(20)33-14-24(28)30)21(29)13-32-18-6-4-5-16(2)10-18/h4-8,10-11,15H,3,9,12-14H2,1-2H3,(H,26,31). The van der Waals surface area contributed by atoms with Crippen LogP contribution in [-0.4, -0.2) is 42.3 Å². The van der Waals surface area contributed by atoms with Gasteiger partial charge in [0.1, 0.15) is 22.2 Å². The Balaban J connectivity index is 1.49. The van der Waals surface area contributed by atoms with E-state index in [0.29, 0.717) is 40.0 Å². The van der Waals surface area contributed by atoms with E-state index in [9.17, 15) is 14.4 Å². The Morgan fingerprint density at radius 1 is 1.24 bits per heavy atom. The van der Waals surface area contributed by atoms with E-state index in [-0.39, 0.29) is 37.4 Å². The molecule has 8 nitrogen and oxygen atoms in total. The Labute approximate surface area is 201 Å². The topological polar surface area (TPSA) is 97.8 Å². The normalized spacial score (nSPS) is 12.6. The highest BCUT2D eigenvalue weighted by Crippen LogP contribution is 2.34. The highest BCUT2D eigenvalue weighted by atomic mass is 32.1. The number of amides is 2. The number of rotatable bonds is 9. The number of benzene rings is 2. The Morgan fingerprint density at radius 2 is 2.09 bits per heavy atom. The zero-order valence-electron chi connectivity index (χ0n) is 19.0. The molecular formula is C25H25N3O5S. The lowest BCUT2D eigenvalue weighted by atomic mass is 10.1. The van der Waals surface area contributed by atoms with E-state index in [4.69, 9.17) is 9.47 Å². The highest BCUT2D eigenvalue weighted by Gasteiger charge is 2.28. The smallest absolute Gasteiger partial charge is 0.270 e. The fraction of sp³-hybridized carbons (Fsp3) is 0.280. The third-order valence-electron chi connectivity index (χ3n) is 5.20. The van der Waals surface area contributed by atoms with E-state index >= 15 is 0 Å². The summed E-state index contributed by atoms with van der Waals surface area (Å²) in [5, 5.41) is 5.08. The van der Waals surface area contributed by atoms with Crippen LogP contribution in [0.25, 0.3) is 0 Å². The van der Waals surface area contributed by atoms with Crippen molar-refractivity contribution in [3.05, 3.63) is 69.7 Å². The third kappa shape index (κ3) is 5.43. The molecule has 34 heavy (non-hydrogen) atoms. The lowest BCUT2D eigenvalue weighted by molar-refractivity contribution is -0.121. The van der Waals surface area contributed by atoms with Crippen LogP contribution in [0.1, 0.15) is 44.8 Å². The van der Waals surface area contributed by atoms with Crippen LogP contribution < -0.4 is 19.7 Å². The van der Waals surface area contributed by atoms with Crippen LogP contribution in [0.5, 0.6) is 11.5 Å². The molecule has 2 heterocycles. The number of hydrogen-bond acceptors (Lipinski definition) is 7. The molecule has 0 fully saturated rings. The predicted molar refractivity (Wildman–Crippen MR) is 129 cm³/mol. The first-order chi connectivity index (χ1) is 16.4. The molecule has 4 rings (SSSR count). The van der Waals surface area contributed by atoms with Gasteiger partial charge in [-0.2, -0.15) is 0 Å². The van der Waals surface area contributed by atoms with Crippen LogP contribution in [0, 0.1) is 6.92 Å². The summed E-state index contributed by atoms with van der Waals surface area (Å²) in [6, 6.07) is 12.5. The quantitative estimate of drug-likeness (QED) is 0.469. The SMILES string of the molecule is CCCNC(=O)c1csc(CN2C(=O)COc3ccc(C(=O)COc4cccc(C)c4)cc32)n1. The Morgan fingerprint density at radius 3 is 2.88 bits per heavy atom. The molecule has 1 N–H and O–H groups in total. The average molecular weight is 480 g/mol. The molecule has 2 amide bonds. The summed E-state index contributed by atoms with van der Waals surface area (Å²) >= 11 is 1.31. The van der Waals surface area contributed by atoms with Crippen molar-refractivity contribution in [2.75, 3.05) is 24.7 Å². The third-order valence-corrected chi connectivity index (χ3v) is 6.03. The molecule has 3 aromatic rings. The summed E-state index contributed by atoms with van der Waals surface area (Å²) in [5.74, 6) is 0.425. The van der Waals surface area contributed by atoms with Crippen LogP contribution in [0.15, 0.2) is 47.8 Å². The highest BCUT2D eigenvalue weighted by molar-refractivity contribution is 7.09. The van der Waals surface area contributed by atoms with Gasteiger partial charge in [0.2, 0.25) is 0 Å². The molecule has 0 saturated heterocycles. The molecule has 0 saturated carbocycles. The summed E-state index contributed by atoms with van der Waals surface area (Å²) < 4.78 is 11.2. The van der Waals surface area contributed by atoms with Gasteiger partial charge in [-0.3, -0.25) is 19.3 Å². The number of carbonyl (C=O) groups excluding carboxylic acids is 3. The number of Topliss-reactive ketones (excluding diaryl/α,β-unsaturated/α-hetero) is 1. The Bertz CT molecular complexity index is 1220. The molecule has 0 spiro atoms. The van der Waals surface area contributed by atoms with E-state index in [1.165, 1.54) is 16.2 Å². The number of hydrogen-bond donors (Lipinski definition) is 1. The first-order valence-electron chi connectivity index (χ1n) is 11.0. The number of fused-ring (bicyclic) bond motifs is 1. The average Bonchev–Trinajstić information content (AvgIpc) is 3.31. The van der Waals surface area contributed by atoms with Gasteiger partial charge in [-0.15, -0.1) is 11.3 Å². The second-order valence-electron chi connectivity index (χ2n) is 7.86. The maximum absolute atomic E-state index is 12.8. The number of aryl methyl sites for hydroxylation is 1. The summed E-state index contributed by atoms with van der Waals surface area (Å²) in [6.45, 7) is 4.45. The first kappa shape index (κ1) is 23.4. The van der Waals surface area contributed by atoms with E-state index < -0.39 is 0 Å². The molecule has 1 aromatic heterocycles. The van der Waals surface area contributed by atoms with Crippen molar-refractivity contribution < 1.29 is 23.9 Å². The van der Waals surface area contributed by atoms with E-state index in [1.807, 2.05) is 32.0 Å². The lowest BCUT2D eigenvalue weighted by Gasteiger charge is -2.29. The number of nitrogens with zero attached hydrogens (tertiary/aromatic N) is 2. The van der Waals surface area contributed by atoms with Crippen molar-refractivity contribution in [1.29, 1.82) is 0 Å². The molecule has 0 unspecified atom stereocenters. The van der Waals surface area contributed by atoms with Crippen LogP contribution >= 0.6 is 11.3 Å². The molecule has 0 radical (unpaired) electrons. The zero-order valence-corrected chi connectivity index (χ0v) is 19.8. The molecule has 2 aromatic carbocycles. The molecule has 0 aliphatic carbocycles. The maximum atomic E-state index is 12.8. The lowest BCUT2D eigenvalue weighted by Crippen LogP contribution is -2.38. The van der Waals surface area contributed by atoms with Gasteiger partial charge in [-0.25, -0.2) is 4.98 Å². The number of aromatic nitrogens is 1. The zero-order chi connectivity index (χ0) is 24.1. The summed E-state index contributed by atoms with van der Waals surface area (Å²) in [6.07, 6.45) is 0.832. The van der Waals surface area contributed by atoms with Crippen LogP contribution in [0.3, 0.4) is 0 Å². The number of anilines is 1.